The normalized spacial score (nSPS) is 17.1. The first-order valence-corrected chi connectivity index (χ1v) is 8.66. The molecule has 2 aromatic rings. The van der Waals surface area contributed by atoms with Gasteiger partial charge in [-0.05, 0) is 36.6 Å². The van der Waals surface area contributed by atoms with E-state index in [9.17, 15) is 19.5 Å². The van der Waals surface area contributed by atoms with Gasteiger partial charge in [-0.2, -0.15) is 0 Å². The molecule has 0 radical (unpaired) electrons. The predicted octanol–water partition coefficient (Wildman–Crippen LogP) is 2.36. The maximum Gasteiger partial charge on any atom is 0.330 e. The Balaban J connectivity index is 1.70. The zero-order chi connectivity index (χ0) is 19.2. The molecule has 0 aliphatic carbocycles. The number of carbonyl (C=O) groups is 3. The van der Waals surface area contributed by atoms with Gasteiger partial charge in [0.2, 0.25) is 0 Å². The molecule has 2 atom stereocenters. The Morgan fingerprint density at radius 3 is 2.52 bits per heavy atom. The van der Waals surface area contributed by atoms with E-state index in [1.165, 1.54) is 6.07 Å². The molecule has 1 fully saturated rings. The first-order valence-electron chi connectivity index (χ1n) is 8.66. The van der Waals surface area contributed by atoms with Crippen molar-refractivity contribution in [2.75, 3.05) is 11.9 Å². The fraction of sp³-hybridized carbons (Fsp3) is 0.250. The Hall–Kier alpha value is -3.19. The van der Waals surface area contributed by atoms with Gasteiger partial charge in [-0.3, -0.25) is 9.59 Å². The van der Waals surface area contributed by atoms with Gasteiger partial charge in [-0.1, -0.05) is 36.4 Å². The van der Waals surface area contributed by atoms with Crippen molar-refractivity contribution in [1.82, 2.24) is 5.32 Å². The number of aliphatic carboxylic acids is 1. The first-order chi connectivity index (χ1) is 13.0. The topological polar surface area (TPSA) is 105 Å². The molecule has 140 valence electrons. The largest absolute Gasteiger partial charge is 0.479 e. The van der Waals surface area contributed by atoms with E-state index >= 15 is 0 Å². The quantitative estimate of drug-likeness (QED) is 0.726. The summed E-state index contributed by atoms with van der Waals surface area (Å²) in [6.07, 6.45) is 1.04. The number of ether oxygens (including phenoxy) is 1. The van der Waals surface area contributed by atoms with E-state index in [0.29, 0.717) is 24.3 Å². The summed E-state index contributed by atoms with van der Waals surface area (Å²) >= 11 is 0. The SMILES string of the molecule is O=C(NC(C(=O)O)c1ccccc1)c1cccc(NC(=O)C2CCCO2)c1. The maximum absolute atomic E-state index is 12.5. The lowest BCUT2D eigenvalue weighted by atomic mass is 10.1. The lowest BCUT2D eigenvalue weighted by Gasteiger charge is -2.15. The minimum Gasteiger partial charge on any atom is -0.479 e. The molecule has 2 unspecified atom stereocenters. The Labute approximate surface area is 156 Å². The fourth-order valence-corrected chi connectivity index (χ4v) is 2.89. The van der Waals surface area contributed by atoms with Crippen molar-refractivity contribution in [2.45, 2.75) is 25.0 Å². The standard InChI is InChI=1S/C20H20N2O5/c23-18(22-17(20(25)26)13-6-2-1-3-7-13)14-8-4-9-15(12-14)21-19(24)16-10-5-11-27-16/h1-4,6-9,12,16-17H,5,10-11H2,(H,21,24)(H,22,23)(H,25,26). The summed E-state index contributed by atoms with van der Waals surface area (Å²) in [5.41, 5.74) is 1.18. The molecule has 7 heteroatoms. The number of amides is 2. The van der Waals surface area contributed by atoms with Gasteiger partial charge in [0.05, 0.1) is 0 Å². The number of benzene rings is 2. The smallest absolute Gasteiger partial charge is 0.330 e. The third kappa shape index (κ3) is 4.71. The Morgan fingerprint density at radius 1 is 1.07 bits per heavy atom. The molecule has 7 nitrogen and oxygen atoms in total. The van der Waals surface area contributed by atoms with Gasteiger partial charge >= 0.3 is 5.97 Å². The fourth-order valence-electron chi connectivity index (χ4n) is 2.89. The zero-order valence-electron chi connectivity index (χ0n) is 14.6. The molecule has 0 saturated carbocycles. The highest BCUT2D eigenvalue weighted by Gasteiger charge is 2.25. The zero-order valence-corrected chi connectivity index (χ0v) is 14.6. The number of rotatable bonds is 6. The molecule has 1 saturated heterocycles. The molecule has 2 aromatic carbocycles. The van der Waals surface area contributed by atoms with E-state index in [4.69, 9.17) is 4.74 Å². The van der Waals surface area contributed by atoms with Crippen molar-refractivity contribution in [2.24, 2.45) is 0 Å². The summed E-state index contributed by atoms with van der Waals surface area (Å²) in [4.78, 5) is 36.2. The molecule has 0 bridgehead atoms. The van der Waals surface area contributed by atoms with Crippen LogP contribution in [0.3, 0.4) is 0 Å². The third-order valence-corrected chi connectivity index (χ3v) is 4.27. The van der Waals surface area contributed by atoms with Crippen LogP contribution in [0.2, 0.25) is 0 Å². The van der Waals surface area contributed by atoms with E-state index in [1.807, 2.05) is 0 Å². The average molecular weight is 368 g/mol. The van der Waals surface area contributed by atoms with Crippen LogP contribution in [0, 0.1) is 0 Å². The van der Waals surface area contributed by atoms with Crippen molar-refractivity contribution < 1.29 is 24.2 Å². The van der Waals surface area contributed by atoms with E-state index in [1.54, 1.807) is 48.5 Å². The highest BCUT2D eigenvalue weighted by atomic mass is 16.5. The van der Waals surface area contributed by atoms with Crippen molar-refractivity contribution in [3.05, 3.63) is 65.7 Å². The Bertz CT molecular complexity index is 831. The molecule has 27 heavy (non-hydrogen) atoms. The van der Waals surface area contributed by atoms with Crippen LogP contribution in [0.5, 0.6) is 0 Å². The van der Waals surface area contributed by atoms with E-state index < -0.39 is 24.0 Å². The summed E-state index contributed by atoms with van der Waals surface area (Å²) in [6, 6.07) is 13.6. The van der Waals surface area contributed by atoms with Crippen LogP contribution in [0.25, 0.3) is 0 Å². The van der Waals surface area contributed by atoms with E-state index in [0.717, 1.165) is 6.42 Å². The summed E-state index contributed by atoms with van der Waals surface area (Å²) in [7, 11) is 0. The van der Waals surface area contributed by atoms with Crippen molar-refractivity contribution in [1.29, 1.82) is 0 Å². The minimum atomic E-state index is -1.16. The number of anilines is 1. The van der Waals surface area contributed by atoms with Gasteiger partial charge < -0.3 is 20.5 Å². The lowest BCUT2D eigenvalue weighted by Crippen LogP contribution is -2.33. The molecule has 0 aromatic heterocycles. The second kappa shape index (κ2) is 8.46. The molecule has 1 aliphatic heterocycles. The highest BCUT2D eigenvalue weighted by molar-refractivity contribution is 5.99. The first kappa shape index (κ1) is 18.6. The van der Waals surface area contributed by atoms with Gasteiger partial charge in [-0.15, -0.1) is 0 Å². The van der Waals surface area contributed by atoms with Gasteiger partial charge in [0.15, 0.2) is 6.04 Å². The van der Waals surface area contributed by atoms with Crippen LogP contribution >= 0.6 is 0 Å². The minimum absolute atomic E-state index is 0.252. The molecule has 1 aliphatic rings. The number of hydrogen-bond acceptors (Lipinski definition) is 4. The lowest BCUT2D eigenvalue weighted by molar-refractivity contribution is -0.139. The third-order valence-electron chi connectivity index (χ3n) is 4.27. The number of hydrogen-bond donors (Lipinski definition) is 3. The second-order valence-corrected chi connectivity index (χ2v) is 6.23. The van der Waals surface area contributed by atoms with Crippen LogP contribution in [0.15, 0.2) is 54.6 Å². The summed E-state index contributed by atoms with van der Waals surface area (Å²) in [5.74, 6) is -1.95. The average Bonchev–Trinajstić information content (AvgIpc) is 3.21. The molecule has 3 N–H and O–H groups in total. The summed E-state index contributed by atoms with van der Waals surface area (Å²) in [5, 5.41) is 14.7. The summed E-state index contributed by atoms with van der Waals surface area (Å²) in [6.45, 7) is 0.566. The molecule has 2 amide bonds. The second-order valence-electron chi connectivity index (χ2n) is 6.23. The van der Waals surface area contributed by atoms with Crippen LogP contribution in [-0.4, -0.2) is 35.6 Å². The molecular formula is C20H20N2O5. The number of nitrogens with one attached hydrogen (secondary N) is 2. The van der Waals surface area contributed by atoms with Gasteiger partial charge in [0, 0.05) is 17.9 Å². The van der Waals surface area contributed by atoms with Crippen molar-refractivity contribution in [3.63, 3.8) is 0 Å². The van der Waals surface area contributed by atoms with Crippen LogP contribution < -0.4 is 10.6 Å². The maximum atomic E-state index is 12.5. The van der Waals surface area contributed by atoms with Crippen LogP contribution in [-0.2, 0) is 14.3 Å². The van der Waals surface area contributed by atoms with Gasteiger partial charge in [0.25, 0.3) is 11.8 Å². The molecular weight excluding hydrogens is 348 g/mol. The van der Waals surface area contributed by atoms with Crippen LogP contribution in [0.4, 0.5) is 5.69 Å². The van der Waals surface area contributed by atoms with Crippen molar-refractivity contribution >= 4 is 23.5 Å². The Morgan fingerprint density at radius 2 is 1.85 bits per heavy atom. The number of carboxylic acid groups (broad SMARTS) is 1. The van der Waals surface area contributed by atoms with Gasteiger partial charge in [0.1, 0.15) is 6.10 Å². The number of carboxylic acids is 1. The van der Waals surface area contributed by atoms with Gasteiger partial charge in [-0.25, -0.2) is 4.79 Å². The van der Waals surface area contributed by atoms with E-state index in [2.05, 4.69) is 10.6 Å². The van der Waals surface area contributed by atoms with Crippen molar-refractivity contribution in [3.8, 4) is 0 Å². The molecule has 0 spiro atoms. The highest BCUT2D eigenvalue weighted by Crippen LogP contribution is 2.18. The van der Waals surface area contributed by atoms with E-state index in [-0.39, 0.29) is 11.5 Å². The monoisotopic (exact) mass is 368 g/mol. The predicted molar refractivity (Wildman–Crippen MR) is 98.3 cm³/mol. The molecule has 1 heterocycles. The number of carbonyl (C=O) groups excluding carboxylic acids is 2. The van der Waals surface area contributed by atoms with Crippen LogP contribution in [0.1, 0.15) is 34.8 Å². The Kier molecular flexibility index (Phi) is 5.83. The molecule has 3 rings (SSSR count). The summed E-state index contributed by atoms with van der Waals surface area (Å²) < 4.78 is 5.34.